The molecule has 1 saturated heterocycles. The van der Waals surface area contributed by atoms with Gasteiger partial charge in [-0.15, -0.1) is 0 Å². The van der Waals surface area contributed by atoms with Gasteiger partial charge in [-0.1, -0.05) is 6.07 Å². The fourth-order valence-corrected chi connectivity index (χ4v) is 4.49. The fraction of sp³-hybridized carbons (Fsp3) is 0.462. The number of hydrogen-bond acceptors (Lipinski definition) is 4. The number of aromatic carboxylic acids is 1. The molecule has 20 heavy (non-hydrogen) atoms. The first-order valence-electron chi connectivity index (χ1n) is 6.35. The van der Waals surface area contributed by atoms with Crippen LogP contribution < -0.4 is 0 Å². The molecule has 0 radical (unpaired) electrons. The zero-order valence-electron chi connectivity index (χ0n) is 11.1. The Morgan fingerprint density at radius 1 is 1.45 bits per heavy atom. The van der Waals surface area contributed by atoms with Crippen LogP contribution in [0.1, 0.15) is 28.8 Å². The average molecular weight is 299 g/mol. The number of rotatable bonds is 4. The Labute approximate surface area is 117 Å². The van der Waals surface area contributed by atoms with Gasteiger partial charge in [-0.05, 0) is 37.5 Å². The highest BCUT2D eigenvalue weighted by Gasteiger charge is 2.36. The van der Waals surface area contributed by atoms with E-state index in [0.29, 0.717) is 19.4 Å². The summed E-state index contributed by atoms with van der Waals surface area (Å²) in [6.45, 7) is 1.61. The van der Waals surface area contributed by atoms with Crippen molar-refractivity contribution in [2.45, 2.75) is 30.7 Å². The maximum absolute atomic E-state index is 12.6. The van der Waals surface area contributed by atoms with Crippen molar-refractivity contribution in [2.75, 3.05) is 13.2 Å². The number of carboxylic acid groups (broad SMARTS) is 1. The zero-order chi connectivity index (χ0) is 14.9. The standard InChI is InChI=1S/C13H17NO5S/c1-9-11(13(16)17)5-2-6-12(9)20(18,19)14-7-3-4-10(14)8-15/h2,5-6,10,15H,3-4,7-8H2,1H3,(H,16,17)/t10-/m0/s1. The topological polar surface area (TPSA) is 94.9 Å². The van der Waals surface area contributed by atoms with Crippen LogP contribution in [0.4, 0.5) is 0 Å². The smallest absolute Gasteiger partial charge is 0.335 e. The number of nitrogens with zero attached hydrogens (tertiary/aromatic N) is 1. The summed E-state index contributed by atoms with van der Waals surface area (Å²) in [6.07, 6.45) is 1.32. The van der Waals surface area contributed by atoms with Crippen LogP contribution in [-0.4, -0.2) is 48.1 Å². The van der Waals surface area contributed by atoms with E-state index >= 15 is 0 Å². The molecule has 0 amide bonds. The maximum atomic E-state index is 12.6. The molecule has 0 aromatic heterocycles. The number of aliphatic hydroxyl groups excluding tert-OH is 1. The third kappa shape index (κ3) is 2.44. The van der Waals surface area contributed by atoms with Gasteiger partial charge in [-0.25, -0.2) is 13.2 Å². The molecule has 0 spiro atoms. The molecular weight excluding hydrogens is 282 g/mol. The van der Waals surface area contributed by atoms with E-state index in [2.05, 4.69) is 0 Å². The lowest BCUT2D eigenvalue weighted by molar-refractivity contribution is 0.0695. The Kier molecular flexibility index (Phi) is 4.12. The van der Waals surface area contributed by atoms with Crippen molar-refractivity contribution in [3.05, 3.63) is 29.3 Å². The number of carboxylic acids is 1. The van der Waals surface area contributed by atoms with Gasteiger partial charge in [0.25, 0.3) is 0 Å². The monoisotopic (exact) mass is 299 g/mol. The summed E-state index contributed by atoms with van der Waals surface area (Å²) in [7, 11) is -3.78. The summed E-state index contributed by atoms with van der Waals surface area (Å²) in [5.74, 6) is -1.15. The molecule has 1 aliphatic heterocycles. The minimum Gasteiger partial charge on any atom is -0.478 e. The molecule has 1 aromatic rings. The molecule has 0 bridgehead atoms. The molecule has 1 heterocycles. The highest BCUT2D eigenvalue weighted by atomic mass is 32.2. The molecule has 1 aliphatic rings. The second-order valence-electron chi connectivity index (χ2n) is 4.83. The lowest BCUT2D eigenvalue weighted by Crippen LogP contribution is -2.38. The van der Waals surface area contributed by atoms with Crippen LogP contribution in [0, 0.1) is 6.92 Å². The molecule has 7 heteroatoms. The fourth-order valence-electron chi connectivity index (χ4n) is 2.56. The Morgan fingerprint density at radius 2 is 2.15 bits per heavy atom. The van der Waals surface area contributed by atoms with Gasteiger partial charge in [0.15, 0.2) is 0 Å². The van der Waals surface area contributed by atoms with Crippen LogP contribution >= 0.6 is 0 Å². The molecule has 1 atom stereocenters. The van der Waals surface area contributed by atoms with E-state index in [-0.39, 0.29) is 22.6 Å². The number of sulfonamides is 1. The van der Waals surface area contributed by atoms with Crippen molar-refractivity contribution in [1.82, 2.24) is 4.31 Å². The van der Waals surface area contributed by atoms with Crippen molar-refractivity contribution in [1.29, 1.82) is 0 Å². The second-order valence-corrected chi connectivity index (χ2v) is 6.69. The minimum absolute atomic E-state index is 0.00208. The molecule has 0 aliphatic carbocycles. The van der Waals surface area contributed by atoms with Crippen molar-refractivity contribution < 1.29 is 23.4 Å². The van der Waals surface area contributed by atoms with E-state index in [4.69, 9.17) is 5.11 Å². The van der Waals surface area contributed by atoms with E-state index in [9.17, 15) is 18.3 Å². The molecule has 2 rings (SSSR count). The third-order valence-electron chi connectivity index (χ3n) is 3.64. The minimum atomic E-state index is -3.78. The Morgan fingerprint density at radius 3 is 2.75 bits per heavy atom. The molecule has 6 nitrogen and oxygen atoms in total. The Hall–Kier alpha value is -1.44. The van der Waals surface area contributed by atoms with Gasteiger partial charge in [0.05, 0.1) is 17.1 Å². The molecule has 0 saturated carbocycles. The van der Waals surface area contributed by atoms with Crippen molar-refractivity contribution in [3.8, 4) is 0 Å². The first-order chi connectivity index (χ1) is 9.39. The van der Waals surface area contributed by atoms with Gasteiger partial charge in [-0.2, -0.15) is 4.31 Å². The van der Waals surface area contributed by atoms with Gasteiger partial charge in [0.2, 0.25) is 10.0 Å². The predicted octanol–water partition coefficient (Wildman–Crippen LogP) is 0.839. The molecular formula is C13H17NO5S. The van der Waals surface area contributed by atoms with Gasteiger partial charge < -0.3 is 10.2 Å². The quantitative estimate of drug-likeness (QED) is 0.859. The van der Waals surface area contributed by atoms with E-state index in [1.165, 1.54) is 29.4 Å². The van der Waals surface area contributed by atoms with Gasteiger partial charge in [0.1, 0.15) is 0 Å². The summed E-state index contributed by atoms with van der Waals surface area (Å²) in [4.78, 5) is 11.1. The summed E-state index contributed by atoms with van der Waals surface area (Å²) in [5, 5.41) is 18.3. The van der Waals surface area contributed by atoms with Crippen LogP contribution in [0.25, 0.3) is 0 Å². The van der Waals surface area contributed by atoms with E-state index < -0.39 is 22.0 Å². The summed E-state index contributed by atoms with van der Waals surface area (Å²) in [5.41, 5.74) is 0.203. The zero-order valence-corrected chi connectivity index (χ0v) is 11.9. The van der Waals surface area contributed by atoms with E-state index in [0.717, 1.165) is 0 Å². The normalized spacial score (nSPS) is 20.2. The molecule has 110 valence electrons. The van der Waals surface area contributed by atoms with Gasteiger partial charge >= 0.3 is 5.97 Å². The van der Waals surface area contributed by atoms with Crippen LogP contribution in [0.5, 0.6) is 0 Å². The largest absolute Gasteiger partial charge is 0.478 e. The number of benzene rings is 1. The summed E-state index contributed by atoms with van der Waals surface area (Å²) in [6, 6.07) is 3.79. The van der Waals surface area contributed by atoms with Crippen LogP contribution in [0.3, 0.4) is 0 Å². The van der Waals surface area contributed by atoms with Crippen molar-refractivity contribution in [3.63, 3.8) is 0 Å². The average Bonchev–Trinajstić information content (AvgIpc) is 2.87. The van der Waals surface area contributed by atoms with Gasteiger partial charge in [0, 0.05) is 12.6 Å². The van der Waals surface area contributed by atoms with Crippen molar-refractivity contribution >= 4 is 16.0 Å². The highest BCUT2D eigenvalue weighted by molar-refractivity contribution is 7.89. The first-order valence-corrected chi connectivity index (χ1v) is 7.79. The Bertz CT molecular complexity index is 626. The van der Waals surface area contributed by atoms with E-state index in [1.807, 2.05) is 0 Å². The SMILES string of the molecule is Cc1c(C(=O)O)cccc1S(=O)(=O)N1CCC[C@H]1CO. The maximum Gasteiger partial charge on any atom is 0.335 e. The van der Waals surface area contributed by atoms with Crippen LogP contribution in [-0.2, 0) is 10.0 Å². The summed E-state index contributed by atoms with van der Waals surface area (Å²) >= 11 is 0. The summed E-state index contributed by atoms with van der Waals surface area (Å²) < 4.78 is 26.5. The number of carbonyl (C=O) groups is 1. The van der Waals surface area contributed by atoms with Crippen LogP contribution in [0.15, 0.2) is 23.1 Å². The second kappa shape index (κ2) is 5.51. The third-order valence-corrected chi connectivity index (χ3v) is 5.73. The first kappa shape index (κ1) is 15.0. The lowest BCUT2D eigenvalue weighted by atomic mass is 10.1. The lowest BCUT2D eigenvalue weighted by Gasteiger charge is -2.23. The highest BCUT2D eigenvalue weighted by Crippen LogP contribution is 2.28. The van der Waals surface area contributed by atoms with E-state index in [1.54, 1.807) is 0 Å². The molecule has 1 fully saturated rings. The predicted molar refractivity (Wildman–Crippen MR) is 72.1 cm³/mol. The van der Waals surface area contributed by atoms with Crippen molar-refractivity contribution in [2.24, 2.45) is 0 Å². The number of hydrogen-bond donors (Lipinski definition) is 2. The van der Waals surface area contributed by atoms with Gasteiger partial charge in [-0.3, -0.25) is 0 Å². The van der Waals surface area contributed by atoms with Crippen LogP contribution in [0.2, 0.25) is 0 Å². The Balaban J connectivity index is 2.50. The molecule has 2 N–H and O–H groups in total. The molecule has 1 aromatic carbocycles. The number of aliphatic hydroxyl groups is 1. The molecule has 0 unspecified atom stereocenters.